The van der Waals surface area contributed by atoms with Crippen LogP contribution in [0.2, 0.25) is 0 Å². The largest absolute Gasteiger partial charge is 0.294 e. The second kappa shape index (κ2) is 9.87. The van der Waals surface area contributed by atoms with Gasteiger partial charge in [0, 0.05) is 23.6 Å². The van der Waals surface area contributed by atoms with Gasteiger partial charge in [-0.05, 0) is 48.9 Å². The van der Waals surface area contributed by atoms with Crippen molar-refractivity contribution in [1.82, 2.24) is 0 Å². The minimum Gasteiger partial charge on any atom is -0.294 e. The molecule has 0 aromatic heterocycles. The molecule has 0 fully saturated rings. The lowest BCUT2D eigenvalue weighted by Gasteiger charge is -2.07. The molecule has 0 aliphatic rings. The molecule has 0 aliphatic carbocycles. The molecule has 154 valence electrons. The van der Waals surface area contributed by atoms with Crippen molar-refractivity contribution in [3.8, 4) is 0 Å². The second-order valence-electron chi connectivity index (χ2n) is 7.11. The summed E-state index contributed by atoms with van der Waals surface area (Å²) in [6.07, 6.45) is 2.20. The van der Waals surface area contributed by atoms with Crippen LogP contribution in [0.3, 0.4) is 0 Å². The van der Waals surface area contributed by atoms with Crippen LogP contribution < -0.4 is 0 Å². The number of Topliss-reactive ketones (excluding diaryl/α,β-unsaturated/α-hetero) is 1. The first-order chi connectivity index (χ1) is 14.4. The Hall–Kier alpha value is -3.41. The van der Waals surface area contributed by atoms with Crippen LogP contribution in [0.1, 0.15) is 39.9 Å². The Balaban J connectivity index is 1.63. The molecule has 0 heterocycles. The van der Waals surface area contributed by atoms with E-state index >= 15 is 0 Å². The van der Waals surface area contributed by atoms with Gasteiger partial charge in [0.1, 0.15) is 0 Å². The zero-order valence-corrected chi connectivity index (χ0v) is 16.3. The molecule has 4 nitrogen and oxygen atoms in total. The first kappa shape index (κ1) is 21.3. The maximum Gasteiger partial charge on any atom is 0.273 e. The number of carbonyl (C=O) groups excluding carboxylic acids is 1. The highest BCUT2D eigenvalue weighted by Crippen LogP contribution is 2.23. The Bertz CT molecular complexity index is 1050. The van der Waals surface area contributed by atoms with Gasteiger partial charge >= 0.3 is 0 Å². The number of nitro groups is 1. The summed E-state index contributed by atoms with van der Waals surface area (Å²) >= 11 is 0. The van der Waals surface area contributed by atoms with E-state index in [0.717, 1.165) is 17.7 Å². The number of ketones is 1. The topological polar surface area (TPSA) is 60.2 Å². The molecule has 30 heavy (non-hydrogen) atoms. The molecule has 0 N–H and O–H groups in total. The summed E-state index contributed by atoms with van der Waals surface area (Å²) in [5.41, 5.74) is 2.50. The van der Waals surface area contributed by atoms with Gasteiger partial charge in [0.05, 0.1) is 4.92 Å². The zero-order chi connectivity index (χ0) is 21.5. The molecule has 0 aliphatic heterocycles. The van der Waals surface area contributed by atoms with Crippen molar-refractivity contribution >= 4 is 11.5 Å². The van der Waals surface area contributed by atoms with Crippen molar-refractivity contribution in [2.45, 2.75) is 32.1 Å². The van der Waals surface area contributed by atoms with Crippen molar-refractivity contribution in [2.24, 2.45) is 0 Å². The number of hydrogen-bond acceptors (Lipinski definition) is 3. The van der Waals surface area contributed by atoms with E-state index in [0.29, 0.717) is 36.8 Å². The number of hydrogen-bond donors (Lipinski definition) is 0. The van der Waals surface area contributed by atoms with Crippen LogP contribution >= 0.6 is 0 Å². The molecule has 0 amide bonds. The summed E-state index contributed by atoms with van der Waals surface area (Å²) in [5.74, 6) is -2.04. The average molecular weight is 409 g/mol. The SMILES string of the molecule is O=C(CCCc1ccc(F)c(F)c1)c1ccc(CCc2ccccc2)c([N+](=O)[O-])c1. The van der Waals surface area contributed by atoms with Crippen LogP contribution in [-0.2, 0) is 19.3 Å². The van der Waals surface area contributed by atoms with Crippen LogP contribution in [0.5, 0.6) is 0 Å². The van der Waals surface area contributed by atoms with E-state index in [9.17, 15) is 23.7 Å². The van der Waals surface area contributed by atoms with Crippen LogP contribution in [-0.4, -0.2) is 10.7 Å². The van der Waals surface area contributed by atoms with Gasteiger partial charge in [0.2, 0.25) is 0 Å². The van der Waals surface area contributed by atoms with E-state index in [4.69, 9.17) is 0 Å². The normalized spacial score (nSPS) is 10.7. The summed E-state index contributed by atoms with van der Waals surface area (Å²) in [4.78, 5) is 23.5. The number of carbonyl (C=O) groups is 1. The van der Waals surface area contributed by atoms with Crippen LogP contribution in [0, 0.1) is 21.7 Å². The highest BCUT2D eigenvalue weighted by molar-refractivity contribution is 5.96. The van der Waals surface area contributed by atoms with Gasteiger partial charge < -0.3 is 0 Å². The number of rotatable bonds is 9. The Morgan fingerprint density at radius 2 is 1.60 bits per heavy atom. The van der Waals surface area contributed by atoms with Crippen molar-refractivity contribution in [3.05, 3.63) is 111 Å². The Labute approximate surface area is 173 Å². The van der Waals surface area contributed by atoms with E-state index in [1.54, 1.807) is 12.1 Å². The van der Waals surface area contributed by atoms with Gasteiger partial charge in [-0.3, -0.25) is 14.9 Å². The van der Waals surface area contributed by atoms with E-state index in [1.165, 1.54) is 12.1 Å². The number of halogens is 2. The summed E-state index contributed by atoms with van der Waals surface area (Å²) in [6.45, 7) is 0. The molecule has 0 spiro atoms. The van der Waals surface area contributed by atoms with Crippen molar-refractivity contribution in [1.29, 1.82) is 0 Å². The molecular formula is C24H21F2NO3. The van der Waals surface area contributed by atoms with Crippen molar-refractivity contribution in [2.75, 3.05) is 0 Å². The molecule has 0 saturated carbocycles. The van der Waals surface area contributed by atoms with Gasteiger partial charge in [0.15, 0.2) is 17.4 Å². The van der Waals surface area contributed by atoms with Crippen LogP contribution in [0.25, 0.3) is 0 Å². The fraction of sp³-hybridized carbons (Fsp3) is 0.208. The third-order valence-corrected chi connectivity index (χ3v) is 4.98. The summed E-state index contributed by atoms with van der Waals surface area (Å²) in [7, 11) is 0. The molecule has 3 aromatic carbocycles. The van der Waals surface area contributed by atoms with Crippen molar-refractivity contribution < 1.29 is 18.5 Å². The van der Waals surface area contributed by atoms with Gasteiger partial charge in [-0.1, -0.05) is 48.5 Å². The number of aryl methyl sites for hydroxylation is 3. The quantitative estimate of drug-likeness (QED) is 0.252. The highest BCUT2D eigenvalue weighted by atomic mass is 19.2. The lowest BCUT2D eigenvalue weighted by atomic mass is 9.98. The van der Waals surface area contributed by atoms with Crippen LogP contribution in [0.15, 0.2) is 66.7 Å². The summed E-state index contributed by atoms with van der Waals surface area (Å²) in [5, 5.41) is 11.5. The van der Waals surface area contributed by atoms with E-state index in [1.807, 2.05) is 30.3 Å². The minimum absolute atomic E-state index is 0.0580. The zero-order valence-electron chi connectivity index (χ0n) is 16.3. The third-order valence-electron chi connectivity index (χ3n) is 4.98. The molecule has 3 aromatic rings. The van der Waals surface area contributed by atoms with Crippen LogP contribution in [0.4, 0.5) is 14.5 Å². The molecule has 0 saturated heterocycles. The number of nitrogens with zero attached hydrogens (tertiary/aromatic N) is 1. The highest BCUT2D eigenvalue weighted by Gasteiger charge is 2.17. The maximum atomic E-state index is 13.3. The molecule has 6 heteroatoms. The molecule has 3 rings (SSSR count). The Kier molecular flexibility index (Phi) is 7.01. The van der Waals surface area contributed by atoms with Gasteiger partial charge in [-0.2, -0.15) is 0 Å². The maximum absolute atomic E-state index is 13.3. The van der Waals surface area contributed by atoms with E-state index < -0.39 is 16.6 Å². The van der Waals surface area contributed by atoms with Gasteiger partial charge in [0.25, 0.3) is 5.69 Å². The molecule has 0 unspecified atom stereocenters. The fourth-order valence-corrected chi connectivity index (χ4v) is 3.33. The fourth-order valence-electron chi connectivity index (χ4n) is 3.33. The average Bonchev–Trinajstić information content (AvgIpc) is 2.75. The first-order valence-corrected chi connectivity index (χ1v) is 9.72. The predicted octanol–water partition coefficient (Wildman–Crippen LogP) is 5.86. The lowest BCUT2D eigenvalue weighted by Crippen LogP contribution is -2.04. The molecule has 0 atom stereocenters. The number of benzene rings is 3. The lowest BCUT2D eigenvalue weighted by molar-refractivity contribution is -0.385. The smallest absolute Gasteiger partial charge is 0.273 e. The van der Waals surface area contributed by atoms with E-state index in [-0.39, 0.29) is 23.5 Å². The Morgan fingerprint density at radius 3 is 2.30 bits per heavy atom. The predicted molar refractivity (Wildman–Crippen MR) is 111 cm³/mol. The van der Waals surface area contributed by atoms with Gasteiger partial charge in [-0.25, -0.2) is 8.78 Å². The standard InChI is InChI=1S/C24H21F2NO3/c25-21-14-10-18(15-22(21)26)7-4-8-24(28)20-13-12-19(23(16-20)27(29)30)11-9-17-5-2-1-3-6-17/h1-3,5-6,10,12-16H,4,7-9,11H2. The molecule has 0 radical (unpaired) electrons. The second-order valence-corrected chi connectivity index (χ2v) is 7.11. The van der Waals surface area contributed by atoms with Gasteiger partial charge in [-0.15, -0.1) is 0 Å². The molecular weight excluding hydrogens is 388 g/mol. The summed E-state index contributed by atoms with van der Waals surface area (Å²) in [6, 6.07) is 18.0. The van der Waals surface area contributed by atoms with Crippen molar-refractivity contribution in [3.63, 3.8) is 0 Å². The monoisotopic (exact) mass is 409 g/mol. The van der Waals surface area contributed by atoms with E-state index in [2.05, 4.69) is 0 Å². The first-order valence-electron chi connectivity index (χ1n) is 9.72. The number of nitro benzene ring substituents is 1. The minimum atomic E-state index is -0.916. The third kappa shape index (κ3) is 5.56. The molecule has 0 bridgehead atoms. The summed E-state index contributed by atoms with van der Waals surface area (Å²) < 4.78 is 26.2. The Morgan fingerprint density at radius 1 is 0.833 bits per heavy atom.